The van der Waals surface area contributed by atoms with E-state index in [0.717, 1.165) is 63.1 Å². The maximum absolute atomic E-state index is 15.4. The van der Waals surface area contributed by atoms with Gasteiger partial charge in [-0.1, -0.05) is 12.1 Å². The summed E-state index contributed by atoms with van der Waals surface area (Å²) < 4.78 is 41.8. The number of nitrogens with zero attached hydrogens (tertiary/aromatic N) is 5. The van der Waals surface area contributed by atoms with Crippen LogP contribution in [0.3, 0.4) is 0 Å². The van der Waals surface area contributed by atoms with Crippen LogP contribution in [0.25, 0.3) is 11.0 Å². The molecule has 0 saturated carbocycles. The molecule has 4 aromatic rings. The van der Waals surface area contributed by atoms with E-state index in [4.69, 9.17) is 4.98 Å². The number of anilines is 6. The number of fused-ring (bicyclic) bond motifs is 2. The van der Waals surface area contributed by atoms with Crippen molar-refractivity contribution in [3.8, 4) is 0 Å². The number of piperidine rings is 1. The summed E-state index contributed by atoms with van der Waals surface area (Å²) in [6, 6.07) is 13.3. The van der Waals surface area contributed by atoms with E-state index >= 15 is 4.39 Å². The molecule has 13 heteroatoms. The van der Waals surface area contributed by atoms with Crippen LogP contribution >= 0.6 is 0 Å². The molecule has 2 saturated heterocycles. The number of benzene rings is 2. The Bertz CT molecular complexity index is 1750. The van der Waals surface area contributed by atoms with Crippen molar-refractivity contribution in [2.45, 2.75) is 25.3 Å². The molecule has 0 spiro atoms. The lowest BCUT2D eigenvalue weighted by atomic mass is 10.0. The Morgan fingerprint density at radius 3 is 2.56 bits per heavy atom. The number of aromatic amines is 1. The van der Waals surface area contributed by atoms with Gasteiger partial charge in [0, 0.05) is 63.7 Å². The molecule has 5 heterocycles. The Morgan fingerprint density at radius 1 is 0.977 bits per heavy atom. The minimum atomic E-state index is -3.44. The van der Waals surface area contributed by atoms with Crippen LogP contribution in [-0.2, 0) is 16.4 Å². The van der Waals surface area contributed by atoms with E-state index in [1.54, 1.807) is 6.20 Å². The number of nitrogens with one attached hydrogen (secondary N) is 4. The summed E-state index contributed by atoms with van der Waals surface area (Å²) in [5.41, 5.74) is 3.98. The van der Waals surface area contributed by atoms with E-state index in [1.165, 1.54) is 16.6 Å². The Balaban J connectivity index is 1.10. The second-order valence-electron chi connectivity index (χ2n) is 11.5. The smallest absolute Gasteiger partial charge is 0.232 e. The molecule has 0 aliphatic carbocycles. The summed E-state index contributed by atoms with van der Waals surface area (Å²) in [5.74, 6) is 0.506. The molecular weight excluding hydrogens is 569 g/mol. The molecule has 226 valence electrons. The highest BCUT2D eigenvalue weighted by Gasteiger charge is 2.30. The van der Waals surface area contributed by atoms with Gasteiger partial charge in [-0.2, -0.15) is 9.97 Å². The Labute approximate surface area is 250 Å². The zero-order valence-electron chi connectivity index (χ0n) is 24.1. The molecule has 0 unspecified atom stereocenters. The van der Waals surface area contributed by atoms with Crippen molar-refractivity contribution in [1.82, 2.24) is 25.2 Å². The van der Waals surface area contributed by atoms with Crippen LogP contribution in [0.15, 0.2) is 48.7 Å². The third-order valence-electron chi connectivity index (χ3n) is 8.70. The highest BCUT2D eigenvalue weighted by molar-refractivity contribution is 7.92. The summed E-state index contributed by atoms with van der Waals surface area (Å²) in [5, 5.41) is 10.7. The van der Waals surface area contributed by atoms with Gasteiger partial charge in [0.25, 0.3) is 0 Å². The molecule has 2 aromatic heterocycles. The van der Waals surface area contributed by atoms with Crippen molar-refractivity contribution in [3.05, 3.63) is 60.0 Å². The van der Waals surface area contributed by atoms with Crippen LogP contribution in [0.2, 0.25) is 0 Å². The number of H-pyrrole nitrogens is 1. The summed E-state index contributed by atoms with van der Waals surface area (Å²) in [4.78, 5) is 17.1. The van der Waals surface area contributed by atoms with Gasteiger partial charge >= 0.3 is 0 Å². The Kier molecular flexibility index (Phi) is 7.31. The Hall–Kier alpha value is -3.94. The van der Waals surface area contributed by atoms with E-state index in [2.05, 4.69) is 35.7 Å². The SMILES string of the molecule is CS(=O)(=O)N1CCc2cccc(Nc3nc(Nc4ccc(N5CCC(N6CCNCC6)CC5)c(F)c4)nc4[nH]ccc34)c21. The number of sulfonamides is 1. The van der Waals surface area contributed by atoms with Gasteiger partial charge in [0.15, 0.2) is 0 Å². The van der Waals surface area contributed by atoms with Crippen LogP contribution < -0.4 is 25.2 Å². The fourth-order valence-corrected chi connectivity index (χ4v) is 7.53. The molecule has 4 N–H and O–H groups in total. The molecule has 3 aliphatic rings. The lowest BCUT2D eigenvalue weighted by Crippen LogP contribution is -2.52. The number of para-hydroxylation sites is 1. The fourth-order valence-electron chi connectivity index (χ4n) is 6.56. The molecule has 43 heavy (non-hydrogen) atoms. The first-order chi connectivity index (χ1) is 20.8. The van der Waals surface area contributed by atoms with Crippen LogP contribution in [0.1, 0.15) is 18.4 Å². The second kappa shape index (κ2) is 11.3. The van der Waals surface area contributed by atoms with Gasteiger partial charge in [-0.15, -0.1) is 0 Å². The minimum absolute atomic E-state index is 0.286. The zero-order chi connectivity index (χ0) is 29.6. The number of hydrogen-bond acceptors (Lipinski definition) is 9. The average Bonchev–Trinajstić information content (AvgIpc) is 3.66. The normalized spacial score (nSPS) is 18.3. The molecule has 0 atom stereocenters. The molecule has 3 aliphatic heterocycles. The van der Waals surface area contributed by atoms with Gasteiger partial charge < -0.3 is 25.8 Å². The van der Waals surface area contributed by atoms with E-state index in [1.807, 2.05) is 36.4 Å². The fraction of sp³-hybridized carbons (Fsp3) is 0.400. The maximum Gasteiger partial charge on any atom is 0.232 e. The maximum atomic E-state index is 15.4. The van der Waals surface area contributed by atoms with E-state index in [9.17, 15) is 8.42 Å². The topological polar surface area (TPSA) is 122 Å². The van der Waals surface area contributed by atoms with E-state index in [0.29, 0.717) is 53.2 Å². The summed E-state index contributed by atoms with van der Waals surface area (Å²) in [6.45, 7) is 6.31. The van der Waals surface area contributed by atoms with Crippen molar-refractivity contribution in [2.75, 3.05) is 71.9 Å². The van der Waals surface area contributed by atoms with Gasteiger partial charge in [-0.3, -0.25) is 9.21 Å². The lowest BCUT2D eigenvalue weighted by molar-refractivity contribution is 0.150. The Morgan fingerprint density at radius 2 is 1.79 bits per heavy atom. The van der Waals surface area contributed by atoms with Crippen LogP contribution in [0, 0.1) is 5.82 Å². The molecule has 11 nitrogen and oxygen atoms in total. The van der Waals surface area contributed by atoms with Crippen LogP contribution in [0.5, 0.6) is 0 Å². The van der Waals surface area contributed by atoms with Gasteiger partial charge in [-0.25, -0.2) is 12.8 Å². The summed E-state index contributed by atoms with van der Waals surface area (Å²) in [6.07, 6.45) is 5.70. The summed E-state index contributed by atoms with van der Waals surface area (Å²) >= 11 is 0. The zero-order valence-corrected chi connectivity index (χ0v) is 24.9. The van der Waals surface area contributed by atoms with Crippen molar-refractivity contribution in [1.29, 1.82) is 0 Å². The molecular formula is C30H36FN9O2S. The minimum Gasteiger partial charge on any atom is -0.369 e. The standard InChI is InChI=1S/C30H36FN9O2S/c1-43(41,42)40-16-8-20-3-2-4-25(27(20)40)35-29-23-7-11-33-28(23)36-30(37-29)34-21-5-6-26(24(31)19-21)39-14-9-22(10-15-39)38-17-12-32-13-18-38/h2-7,11,19,22,32H,8-10,12-18H2,1H3,(H3,33,34,35,36,37). The predicted molar refractivity (Wildman–Crippen MR) is 169 cm³/mol. The molecule has 0 radical (unpaired) electrons. The third-order valence-corrected chi connectivity index (χ3v) is 9.87. The van der Waals surface area contributed by atoms with Crippen molar-refractivity contribution in [2.24, 2.45) is 0 Å². The number of halogens is 1. The molecule has 2 fully saturated rings. The number of piperazine rings is 1. The van der Waals surface area contributed by atoms with Crippen molar-refractivity contribution in [3.63, 3.8) is 0 Å². The summed E-state index contributed by atoms with van der Waals surface area (Å²) in [7, 11) is -3.44. The molecule has 7 rings (SSSR count). The van der Waals surface area contributed by atoms with Gasteiger partial charge in [-0.05, 0) is 55.2 Å². The van der Waals surface area contributed by atoms with E-state index in [-0.39, 0.29) is 11.8 Å². The predicted octanol–water partition coefficient (Wildman–Crippen LogP) is 3.78. The average molecular weight is 606 g/mol. The number of aromatic nitrogens is 3. The monoisotopic (exact) mass is 605 g/mol. The first kappa shape index (κ1) is 27.9. The largest absolute Gasteiger partial charge is 0.369 e. The number of hydrogen-bond donors (Lipinski definition) is 4. The first-order valence-corrected chi connectivity index (χ1v) is 16.7. The quantitative estimate of drug-likeness (QED) is 0.249. The second-order valence-corrected chi connectivity index (χ2v) is 13.4. The van der Waals surface area contributed by atoms with Gasteiger partial charge in [0.2, 0.25) is 16.0 Å². The van der Waals surface area contributed by atoms with Gasteiger partial charge in [0.1, 0.15) is 17.3 Å². The number of rotatable bonds is 7. The van der Waals surface area contributed by atoms with Crippen LogP contribution in [0.4, 0.5) is 38.9 Å². The van der Waals surface area contributed by atoms with E-state index < -0.39 is 10.0 Å². The first-order valence-electron chi connectivity index (χ1n) is 14.8. The molecule has 2 aromatic carbocycles. The van der Waals surface area contributed by atoms with Gasteiger partial charge in [0.05, 0.1) is 28.7 Å². The third kappa shape index (κ3) is 5.59. The highest BCUT2D eigenvalue weighted by Crippen LogP contribution is 2.39. The van der Waals surface area contributed by atoms with Crippen molar-refractivity contribution >= 4 is 55.6 Å². The lowest BCUT2D eigenvalue weighted by Gasteiger charge is -2.41. The molecule has 0 amide bonds. The van der Waals surface area contributed by atoms with Crippen molar-refractivity contribution < 1.29 is 12.8 Å². The molecule has 0 bridgehead atoms. The van der Waals surface area contributed by atoms with Crippen LogP contribution in [-0.4, -0.2) is 86.4 Å². The highest BCUT2D eigenvalue weighted by atomic mass is 32.2.